The molecule has 18 heavy (non-hydrogen) atoms. The van der Waals surface area contributed by atoms with Crippen LogP contribution in [0, 0.1) is 6.92 Å². The van der Waals surface area contributed by atoms with Crippen molar-refractivity contribution in [1.29, 1.82) is 0 Å². The van der Waals surface area contributed by atoms with Gasteiger partial charge < -0.3 is 5.32 Å². The standard InChI is InChI=1S/C13H17N3OS/c1-11-9-13(17)16(10-15-11)7-6-14-5-4-12-3-2-8-18-12/h2-3,8-10,14H,4-7H2,1H3. The molecule has 0 atom stereocenters. The summed E-state index contributed by atoms with van der Waals surface area (Å²) in [6.07, 6.45) is 2.65. The maximum Gasteiger partial charge on any atom is 0.253 e. The number of aryl methyl sites for hydroxylation is 1. The Morgan fingerprint density at radius 3 is 3.06 bits per heavy atom. The first-order chi connectivity index (χ1) is 8.75. The second-order valence-electron chi connectivity index (χ2n) is 4.14. The molecule has 5 heteroatoms. The third-order valence-electron chi connectivity index (χ3n) is 2.67. The van der Waals surface area contributed by atoms with Gasteiger partial charge in [0.2, 0.25) is 0 Å². The highest BCUT2D eigenvalue weighted by Crippen LogP contribution is 2.07. The predicted molar refractivity (Wildman–Crippen MR) is 74.1 cm³/mol. The van der Waals surface area contributed by atoms with Gasteiger partial charge in [-0.15, -0.1) is 11.3 Å². The molecule has 2 aromatic rings. The normalized spacial score (nSPS) is 10.7. The van der Waals surface area contributed by atoms with E-state index in [0.29, 0.717) is 6.54 Å². The maximum absolute atomic E-state index is 11.6. The average Bonchev–Trinajstić information content (AvgIpc) is 2.84. The maximum atomic E-state index is 11.6. The first-order valence-corrected chi connectivity index (χ1v) is 6.90. The molecule has 96 valence electrons. The van der Waals surface area contributed by atoms with E-state index in [1.54, 1.807) is 28.3 Å². The Kier molecular flexibility index (Phi) is 4.66. The lowest BCUT2D eigenvalue weighted by Crippen LogP contribution is -2.28. The molecule has 2 heterocycles. The summed E-state index contributed by atoms with van der Waals surface area (Å²) in [4.78, 5) is 17.1. The lowest BCUT2D eigenvalue weighted by molar-refractivity contribution is 0.579. The number of rotatable bonds is 6. The van der Waals surface area contributed by atoms with Crippen molar-refractivity contribution in [2.75, 3.05) is 13.1 Å². The average molecular weight is 263 g/mol. The zero-order valence-electron chi connectivity index (χ0n) is 10.4. The van der Waals surface area contributed by atoms with Crippen molar-refractivity contribution in [3.8, 4) is 0 Å². The van der Waals surface area contributed by atoms with Crippen molar-refractivity contribution < 1.29 is 0 Å². The number of hydrogen-bond donors (Lipinski definition) is 1. The molecule has 1 N–H and O–H groups in total. The molecule has 2 rings (SSSR count). The van der Waals surface area contributed by atoms with Crippen molar-refractivity contribution in [3.05, 3.63) is 50.8 Å². The van der Waals surface area contributed by atoms with E-state index in [1.165, 1.54) is 4.88 Å². The Labute approximate surface area is 110 Å². The zero-order chi connectivity index (χ0) is 12.8. The van der Waals surface area contributed by atoms with Crippen LogP contribution in [-0.2, 0) is 13.0 Å². The highest BCUT2D eigenvalue weighted by atomic mass is 32.1. The lowest BCUT2D eigenvalue weighted by atomic mass is 10.3. The van der Waals surface area contributed by atoms with Crippen molar-refractivity contribution in [3.63, 3.8) is 0 Å². The smallest absolute Gasteiger partial charge is 0.253 e. The molecule has 0 fully saturated rings. The van der Waals surface area contributed by atoms with E-state index in [0.717, 1.165) is 25.2 Å². The van der Waals surface area contributed by atoms with Gasteiger partial charge in [-0.25, -0.2) is 4.98 Å². The monoisotopic (exact) mass is 263 g/mol. The molecule has 2 aromatic heterocycles. The first kappa shape index (κ1) is 13.0. The molecule has 0 spiro atoms. The van der Waals surface area contributed by atoms with E-state index < -0.39 is 0 Å². The van der Waals surface area contributed by atoms with Crippen LogP contribution in [0.1, 0.15) is 10.6 Å². The number of nitrogens with zero attached hydrogens (tertiary/aromatic N) is 2. The van der Waals surface area contributed by atoms with Crippen LogP contribution in [-0.4, -0.2) is 22.6 Å². The molecule has 0 aliphatic heterocycles. The predicted octanol–water partition coefficient (Wildman–Crippen LogP) is 1.45. The lowest BCUT2D eigenvalue weighted by Gasteiger charge is -2.06. The number of aromatic nitrogens is 2. The fourth-order valence-corrected chi connectivity index (χ4v) is 2.38. The van der Waals surface area contributed by atoms with E-state index in [-0.39, 0.29) is 5.56 Å². The molecular weight excluding hydrogens is 246 g/mol. The van der Waals surface area contributed by atoms with Crippen LogP contribution < -0.4 is 10.9 Å². The van der Waals surface area contributed by atoms with Crippen LogP contribution in [0.2, 0.25) is 0 Å². The minimum absolute atomic E-state index is 0.0163. The Bertz CT molecular complexity index is 533. The molecule has 0 unspecified atom stereocenters. The first-order valence-electron chi connectivity index (χ1n) is 6.02. The molecular formula is C13H17N3OS. The van der Waals surface area contributed by atoms with Crippen LogP contribution in [0.25, 0.3) is 0 Å². The zero-order valence-corrected chi connectivity index (χ0v) is 11.2. The quantitative estimate of drug-likeness (QED) is 0.802. The Hall–Kier alpha value is -1.46. The van der Waals surface area contributed by atoms with Gasteiger partial charge in [0.1, 0.15) is 0 Å². The van der Waals surface area contributed by atoms with Gasteiger partial charge in [-0.05, 0) is 24.8 Å². The van der Waals surface area contributed by atoms with Crippen LogP contribution in [0.3, 0.4) is 0 Å². The summed E-state index contributed by atoms with van der Waals surface area (Å²) >= 11 is 1.78. The summed E-state index contributed by atoms with van der Waals surface area (Å²) in [7, 11) is 0. The summed E-state index contributed by atoms with van der Waals surface area (Å²) in [6, 6.07) is 5.77. The van der Waals surface area contributed by atoms with E-state index >= 15 is 0 Å². The molecule has 0 saturated heterocycles. The van der Waals surface area contributed by atoms with E-state index in [2.05, 4.69) is 27.8 Å². The topological polar surface area (TPSA) is 46.9 Å². The van der Waals surface area contributed by atoms with E-state index in [1.807, 2.05) is 6.92 Å². The fraction of sp³-hybridized carbons (Fsp3) is 0.385. The van der Waals surface area contributed by atoms with Gasteiger partial charge in [0.15, 0.2) is 0 Å². The van der Waals surface area contributed by atoms with Crippen LogP contribution in [0.15, 0.2) is 34.7 Å². The number of thiophene rings is 1. The van der Waals surface area contributed by atoms with Gasteiger partial charge in [0.25, 0.3) is 5.56 Å². The van der Waals surface area contributed by atoms with Gasteiger partial charge in [-0.3, -0.25) is 9.36 Å². The molecule has 0 aliphatic carbocycles. The minimum Gasteiger partial charge on any atom is -0.315 e. The fourth-order valence-electron chi connectivity index (χ4n) is 1.68. The van der Waals surface area contributed by atoms with Crippen molar-refractivity contribution >= 4 is 11.3 Å². The summed E-state index contributed by atoms with van der Waals surface area (Å²) in [5, 5.41) is 5.42. The Morgan fingerprint density at radius 2 is 2.33 bits per heavy atom. The molecule has 0 saturated carbocycles. The van der Waals surface area contributed by atoms with Crippen molar-refractivity contribution in [1.82, 2.24) is 14.9 Å². The summed E-state index contributed by atoms with van der Waals surface area (Å²) in [5.74, 6) is 0. The summed E-state index contributed by atoms with van der Waals surface area (Å²) in [6.45, 7) is 4.21. The van der Waals surface area contributed by atoms with E-state index in [9.17, 15) is 4.79 Å². The molecule has 0 aromatic carbocycles. The number of nitrogens with one attached hydrogen (secondary N) is 1. The molecule has 0 bridgehead atoms. The van der Waals surface area contributed by atoms with Gasteiger partial charge >= 0.3 is 0 Å². The second-order valence-corrected chi connectivity index (χ2v) is 5.17. The third kappa shape index (κ3) is 3.78. The van der Waals surface area contributed by atoms with Gasteiger partial charge in [-0.1, -0.05) is 6.07 Å². The number of hydrogen-bond acceptors (Lipinski definition) is 4. The SMILES string of the molecule is Cc1cc(=O)n(CCNCCc2cccs2)cn1. The van der Waals surface area contributed by atoms with Gasteiger partial charge in [-0.2, -0.15) is 0 Å². The van der Waals surface area contributed by atoms with E-state index in [4.69, 9.17) is 0 Å². The molecule has 0 aliphatic rings. The minimum atomic E-state index is 0.0163. The molecule has 0 radical (unpaired) electrons. The molecule has 0 amide bonds. The Morgan fingerprint density at radius 1 is 1.44 bits per heavy atom. The second kappa shape index (κ2) is 6.47. The summed E-state index contributed by atoms with van der Waals surface area (Å²) in [5.41, 5.74) is 0.782. The van der Waals surface area contributed by atoms with Crippen LogP contribution in [0.5, 0.6) is 0 Å². The van der Waals surface area contributed by atoms with Gasteiger partial charge in [0, 0.05) is 36.3 Å². The van der Waals surface area contributed by atoms with Gasteiger partial charge in [0.05, 0.1) is 6.33 Å². The summed E-state index contributed by atoms with van der Waals surface area (Å²) < 4.78 is 1.63. The van der Waals surface area contributed by atoms with Crippen LogP contribution >= 0.6 is 11.3 Å². The third-order valence-corrected chi connectivity index (χ3v) is 3.61. The van der Waals surface area contributed by atoms with Crippen LogP contribution in [0.4, 0.5) is 0 Å². The largest absolute Gasteiger partial charge is 0.315 e. The Balaban J connectivity index is 1.70. The van der Waals surface area contributed by atoms with Crippen molar-refractivity contribution in [2.24, 2.45) is 0 Å². The highest BCUT2D eigenvalue weighted by Gasteiger charge is 1.97. The molecule has 4 nitrogen and oxygen atoms in total. The van der Waals surface area contributed by atoms with Crippen molar-refractivity contribution in [2.45, 2.75) is 19.9 Å². The highest BCUT2D eigenvalue weighted by molar-refractivity contribution is 7.09.